The number of amides is 1. The highest BCUT2D eigenvalue weighted by atomic mass is 32.2. The molecular weight excluding hydrogens is 356 g/mol. The molecule has 0 aliphatic carbocycles. The third-order valence-electron chi connectivity index (χ3n) is 3.95. The Balaban J connectivity index is 2.30. The molecule has 1 saturated heterocycles. The lowest BCUT2D eigenvalue weighted by atomic mass is 10.2. The minimum absolute atomic E-state index is 0.0944. The molecule has 1 amide bonds. The molecule has 1 aromatic rings. The number of benzene rings is 1. The average Bonchev–Trinajstić information content (AvgIpc) is 2.61. The second-order valence-corrected chi connectivity index (χ2v) is 8.43. The largest absolute Gasteiger partial charge is 0.489 e. The van der Waals surface area contributed by atoms with Crippen molar-refractivity contribution in [2.24, 2.45) is 0 Å². The van der Waals surface area contributed by atoms with Gasteiger partial charge in [-0.15, -0.1) is 0 Å². The molecule has 0 spiro atoms. The van der Waals surface area contributed by atoms with E-state index in [4.69, 9.17) is 9.47 Å². The molecule has 1 N–H and O–H groups in total. The van der Waals surface area contributed by atoms with Crippen LogP contribution in [0.25, 0.3) is 0 Å². The van der Waals surface area contributed by atoms with Crippen LogP contribution >= 0.6 is 0 Å². The van der Waals surface area contributed by atoms with Crippen molar-refractivity contribution in [3.63, 3.8) is 0 Å². The molecule has 0 saturated carbocycles. The minimum atomic E-state index is -3.64. The Kier molecular flexibility index (Phi) is 7.43. The van der Waals surface area contributed by atoms with Crippen molar-refractivity contribution in [1.29, 1.82) is 0 Å². The van der Waals surface area contributed by atoms with Crippen LogP contribution in [-0.2, 0) is 19.6 Å². The molecule has 1 fully saturated rings. The fourth-order valence-electron chi connectivity index (χ4n) is 2.61. The lowest BCUT2D eigenvalue weighted by Crippen LogP contribution is -2.40. The first kappa shape index (κ1) is 20.7. The van der Waals surface area contributed by atoms with Gasteiger partial charge in [-0.1, -0.05) is 13.3 Å². The predicted molar refractivity (Wildman–Crippen MR) is 99.9 cm³/mol. The molecule has 8 heteroatoms. The number of morpholine rings is 1. The number of nitrogens with zero attached hydrogens (tertiary/aromatic N) is 1. The molecular formula is C18H28N2O5S. The van der Waals surface area contributed by atoms with Crippen LogP contribution in [0.4, 0.5) is 5.69 Å². The smallest absolute Gasteiger partial charge is 0.243 e. The number of hydrogen-bond donors (Lipinski definition) is 1. The summed E-state index contributed by atoms with van der Waals surface area (Å²) in [6.45, 7) is 7.18. The third kappa shape index (κ3) is 5.43. The van der Waals surface area contributed by atoms with Gasteiger partial charge in [-0.25, -0.2) is 8.42 Å². The summed E-state index contributed by atoms with van der Waals surface area (Å²) < 4.78 is 38.0. The maximum Gasteiger partial charge on any atom is 0.243 e. The SMILES string of the molecule is CCCCC(=O)Nc1cc(S(=O)(=O)N2CCOCC2)ccc1OC(C)C. The van der Waals surface area contributed by atoms with Crippen LogP contribution < -0.4 is 10.1 Å². The number of unbranched alkanes of at least 4 members (excludes halogenated alkanes) is 1. The zero-order chi connectivity index (χ0) is 19.2. The number of hydrogen-bond acceptors (Lipinski definition) is 5. The topological polar surface area (TPSA) is 84.9 Å². The Labute approximate surface area is 155 Å². The summed E-state index contributed by atoms with van der Waals surface area (Å²) in [6, 6.07) is 4.60. The predicted octanol–water partition coefficient (Wildman–Crippen LogP) is 2.62. The number of anilines is 1. The van der Waals surface area contributed by atoms with E-state index in [1.807, 2.05) is 20.8 Å². The van der Waals surface area contributed by atoms with Crippen LogP contribution in [0.2, 0.25) is 0 Å². The van der Waals surface area contributed by atoms with Gasteiger partial charge in [0.25, 0.3) is 0 Å². The van der Waals surface area contributed by atoms with E-state index in [0.717, 1.165) is 12.8 Å². The summed E-state index contributed by atoms with van der Waals surface area (Å²) >= 11 is 0. The summed E-state index contributed by atoms with van der Waals surface area (Å²) in [4.78, 5) is 12.3. The first-order valence-corrected chi connectivity index (χ1v) is 10.5. The summed E-state index contributed by atoms with van der Waals surface area (Å²) in [7, 11) is -3.64. The average molecular weight is 384 g/mol. The van der Waals surface area contributed by atoms with Crippen molar-refractivity contribution in [2.75, 3.05) is 31.6 Å². The van der Waals surface area contributed by atoms with Crippen molar-refractivity contribution in [2.45, 2.75) is 51.0 Å². The molecule has 0 atom stereocenters. The molecule has 1 aliphatic rings. The number of nitrogens with one attached hydrogen (secondary N) is 1. The van der Waals surface area contributed by atoms with Gasteiger partial charge in [-0.3, -0.25) is 4.79 Å². The summed E-state index contributed by atoms with van der Waals surface area (Å²) in [6.07, 6.45) is 1.98. The van der Waals surface area contributed by atoms with Crippen LogP contribution in [0.3, 0.4) is 0 Å². The Morgan fingerprint density at radius 1 is 1.31 bits per heavy atom. The molecule has 0 unspecified atom stereocenters. The van der Waals surface area contributed by atoms with Gasteiger partial charge in [-0.05, 0) is 38.5 Å². The highest BCUT2D eigenvalue weighted by Crippen LogP contribution is 2.30. The van der Waals surface area contributed by atoms with Gasteiger partial charge >= 0.3 is 0 Å². The van der Waals surface area contributed by atoms with Gasteiger partial charge in [0.1, 0.15) is 5.75 Å². The maximum absolute atomic E-state index is 12.8. The van der Waals surface area contributed by atoms with Crippen LogP contribution in [0.15, 0.2) is 23.1 Å². The van der Waals surface area contributed by atoms with E-state index in [1.54, 1.807) is 6.07 Å². The highest BCUT2D eigenvalue weighted by molar-refractivity contribution is 7.89. The van der Waals surface area contributed by atoms with Crippen molar-refractivity contribution < 1.29 is 22.7 Å². The minimum Gasteiger partial charge on any atom is -0.489 e. The summed E-state index contributed by atoms with van der Waals surface area (Å²) in [5, 5.41) is 2.79. The lowest BCUT2D eigenvalue weighted by molar-refractivity contribution is -0.116. The Morgan fingerprint density at radius 3 is 2.62 bits per heavy atom. The third-order valence-corrected chi connectivity index (χ3v) is 5.85. The van der Waals surface area contributed by atoms with E-state index < -0.39 is 10.0 Å². The van der Waals surface area contributed by atoms with Crippen molar-refractivity contribution in [3.8, 4) is 5.75 Å². The molecule has 146 valence electrons. The molecule has 0 aromatic heterocycles. The van der Waals surface area contributed by atoms with E-state index >= 15 is 0 Å². The van der Waals surface area contributed by atoms with Gasteiger partial charge in [-0.2, -0.15) is 4.31 Å². The maximum atomic E-state index is 12.8. The first-order chi connectivity index (χ1) is 12.3. The summed E-state index contributed by atoms with van der Waals surface area (Å²) in [5.41, 5.74) is 0.383. The van der Waals surface area contributed by atoms with Crippen molar-refractivity contribution >= 4 is 21.6 Å². The van der Waals surface area contributed by atoms with Crippen LogP contribution in [0.5, 0.6) is 5.75 Å². The number of carbonyl (C=O) groups excluding carboxylic acids is 1. The highest BCUT2D eigenvalue weighted by Gasteiger charge is 2.27. The zero-order valence-corrected chi connectivity index (χ0v) is 16.5. The molecule has 1 heterocycles. The van der Waals surface area contributed by atoms with E-state index in [1.165, 1.54) is 16.4 Å². The van der Waals surface area contributed by atoms with Gasteiger partial charge in [0.2, 0.25) is 15.9 Å². The van der Waals surface area contributed by atoms with Gasteiger partial charge in [0.15, 0.2) is 0 Å². The lowest BCUT2D eigenvalue weighted by Gasteiger charge is -2.26. The fraction of sp³-hybridized carbons (Fsp3) is 0.611. The van der Waals surface area contributed by atoms with Gasteiger partial charge in [0, 0.05) is 19.5 Å². The molecule has 2 rings (SSSR count). The standard InChI is InChI=1S/C18H28N2O5S/c1-4-5-6-18(21)19-16-13-15(7-8-17(16)25-14(2)3)26(22,23)20-9-11-24-12-10-20/h7-8,13-14H,4-6,9-12H2,1-3H3,(H,19,21). The number of carbonyl (C=O) groups is 1. The second-order valence-electron chi connectivity index (χ2n) is 6.49. The van der Waals surface area contributed by atoms with Gasteiger partial charge < -0.3 is 14.8 Å². The quantitative estimate of drug-likeness (QED) is 0.745. The molecule has 0 bridgehead atoms. The Hall–Kier alpha value is -1.64. The van der Waals surface area contributed by atoms with Crippen molar-refractivity contribution in [1.82, 2.24) is 4.31 Å². The van der Waals surface area contributed by atoms with E-state index in [2.05, 4.69) is 5.32 Å². The van der Waals surface area contributed by atoms with Crippen LogP contribution in [0.1, 0.15) is 40.0 Å². The number of rotatable bonds is 8. The second kappa shape index (κ2) is 9.34. The molecule has 26 heavy (non-hydrogen) atoms. The Bertz CT molecular complexity index is 712. The number of ether oxygens (including phenoxy) is 2. The Morgan fingerprint density at radius 2 is 2.00 bits per heavy atom. The molecule has 0 radical (unpaired) electrons. The van der Waals surface area contributed by atoms with E-state index in [9.17, 15) is 13.2 Å². The number of sulfonamides is 1. The zero-order valence-electron chi connectivity index (χ0n) is 15.7. The van der Waals surface area contributed by atoms with Crippen LogP contribution in [-0.4, -0.2) is 51.0 Å². The van der Waals surface area contributed by atoms with Gasteiger partial charge in [0.05, 0.1) is 29.9 Å². The monoisotopic (exact) mass is 384 g/mol. The fourth-order valence-corrected chi connectivity index (χ4v) is 4.04. The first-order valence-electron chi connectivity index (χ1n) is 9.03. The normalized spacial score (nSPS) is 15.8. The van der Waals surface area contributed by atoms with Crippen molar-refractivity contribution in [3.05, 3.63) is 18.2 Å². The molecule has 7 nitrogen and oxygen atoms in total. The van der Waals surface area contributed by atoms with E-state index in [0.29, 0.717) is 44.2 Å². The van der Waals surface area contributed by atoms with Crippen LogP contribution in [0, 0.1) is 0 Å². The molecule has 1 aliphatic heterocycles. The molecule has 1 aromatic carbocycles. The summed E-state index contributed by atoms with van der Waals surface area (Å²) in [5.74, 6) is 0.312. The van der Waals surface area contributed by atoms with E-state index in [-0.39, 0.29) is 16.9 Å².